The van der Waals surface area contributed by atoms with Crippen molar-refractivity contribution < 1.29 is 14.3 Å². The number of benzene rings is 4. The molecule has 0 radical (unpaired) electrons. The van der Waals surface area contributed by atoms with Gasteiger partial charge in [-0.3, -0.25) is 14.2 Å². The Kier molecular flexibility index (Phi) is 9.45. The summed E-state index contributed by atoms with van der Waals surface area (Å²) in [5.41, 5.74) is 2.82. The van der Waals surface area contributed by atoms with Crippen molar-refractivity contribution in [3.05, 3.63) is 114 Å². The van der Waals surface area contributed by atoms with E-state index in [9.17, 15) is 9.59 Å². The van der Waals surface area contributed by atoms with Crippen molar-refractivity contribution in [2.75, 3.05) is 32.5 Å². The summed E-state index contributed by atoms with van der Waals surface area (Å²) in [5.74, 6) is 2.53. The first-order valence-corrected chi connectivity index (χ1v) is 16.3. The molecule has 4 aromatic carbocycles. The number of thioether (sulfide) groups is 1. The van der Waals surface area contributed by atoms with Crippen molar-refractivity contribution in [1.29, 1.82) is 0 Å². The van der Waals surface area contributed by atoms with Gasteiger partial charge in [-0.15, -0.1) is 10.2 Å². The Morgan fingerprint density at radius 2 is 1.64 bits per heavy atom. The van der Waals surface area contributed by atoms with Crippen molar-refractivity contribution in [1.82, 2.24) is 24.6 Å². The van der Waals surface area contributed by atoms with Gasteiger partial charge in [0.1, 0.15) is 11.6 Å². The number of nitrogens with zero attached hydrogens (tertiary/aromatic N) is 5. The third-order valence-corrected chi connectivity index (χ3v) is 9.25. The lowest BCUT2D eigenvalue weighted by Gasteiger charge is -2.40. The van der Waals surface area contributed by atoms with Crippen LogP contribution in [0.4, 0.5) is 0 Å². The third-order valence-electron chi connectivity index (χ3n) is 8.24. The predicted molar refractivity (Wildman–Crippen MR) is 178 cm³/mol. The van der Waals surface area contributed by atoms with Gasteiger partial charge in [0.05, 0.1) is 7.11 Å². The average Bonchev–Trinajstić information content (AvgIpc) is 3.48. The molecule has 1 fully saturated rings. The summed E-state index contributed by atoms with van der Waals surface area (Å²) in [6, 6.07) is 32.0. The Morgan fingerprint density at radius 3 is 2.40 bits per heavy atom. The van der Waals surface area contributed by atoms with E-state index in [0.717, 1.165) is 50.9 Å². The van der Waals surface area contributed by atoms with Gasteiger partial charge in [0.2, 0.25) is 5.91 Å². The molecule has 1 aliphatic rings. The van der Waals surface area contributed by atoms with E-state index in [1.807, 2.05) is 102 Å². The second-order valence-electron chi connectivity index (χ2n) is 11.3. The molecule has 0 spiro atoms. The lowest BCUT2D eigenvalue weighted by Crippen LogP contribution is -2.55. The van der Waals surface area contributed by atoms with Crippen LogP contribution in [0, 0.1) is 0 Å². The highest BCUT2D eigenvalue weighted by atomic mass is 32.2. The summed E-state index contributed by atoms with van der Waals surface area (Å²) in [4.78, 5) is 30.3. The fourth-order valence-corrected chi connectivity index (χ4v) is 6.71. The maximum atomic E-state index is 13.3. The number of amides is 2. The first kappa shape index (κ1) is 30.4. The molecule has 230 valence electrons. The summed E-state index contributed by atoms with van der Waals surface area (Å²) in [6.45, 7) is 3.64. The summed E-state index contributed by atoms with van der Waals surface area (Å²) >= 11 is 1.61. The molecule has 6 rings (SSSR count). The molecule has 1 saturated heterocycles. The highest BCUT2D eigenvalue weighted by Crippen LogP contribution is 2.26. The van der Waals surface area contributed by atoms with Gasteiger partial charge in [-0.05, 0) is 66.1 Å². The molecule has 9 heteroatoms. The van der Waals surface area contributed by atoms with Crippen molar-refractivity contribution in [2.45, 2.75) is 37.4 Å². The molecule has 1 atom stereocenters. The Bertz CT molecular complexity index is 1770. The standard InChI is InChI=1S/C36H37N5O3S/c1-26-25-39(20-21-40(26)35(43)30-15-14-28-11-6-7-12-29(28)24-30)34(42)13-8-22-45-36-38-37-33(23-27-9-4-3-5-10-27)41(36)31-16-18-32(44-2)19-17-31/h3-7,9-12,14-19,24,26H,8,13,20-23,25H2,1-2H3. The number of aromatic nitrogens is 3. The number of ether oxygens (including phenoxy) is 1. The van der Waals surface area contributed by atoms with Gasteiger partial charge in [0.25, 0.3) is 5.91 Å². The Labute approximate surface area is 268 Å². The van der Waals surface area contributed by atoms with Crippen LogP contribution < -0.4 is 4.74 Å². The molecule has 0 aliphatic carbocycles. The summed E-state index contributed by atoms with van der Waals surface area (Å²) < 4.78 is 7.44. The van der Waals surface area contributed by atoms with Crippen LogP contribution >= 0.6 is 11.8 Å². The fourth-order valence-electron chi connectivity index (χ4n) is 5.80. The maximum absolute atomic E-state index is 13.3. The molecule has 8 nitrogen and oxygen atoms in total. The minimum Gasteiger partial charge on any atom is -0.497 e. The topological polar surface area (TPSA) is 80.6 Å². The smallest absolute Gasteiger partial charge is 0.254 e. The van der Waals surface area contributed by atoms with Gasteiger partial charge in [0, 0.05) is 55.5 Å². The molecule has 0 saturated carbocycles. The number of carbonyl (C=O) groups is 2. The molecule has 0 bridgehead atoms. The lowest BCUT2D eigenvalue weighted by atomic mass is 10.0. The quantitative estimate of drug-likeness (QED) is 0.136. The highest BCUT2D eigenvalue weighted by Gasteiger charge is 2.30. The van der Waals surface area contributed by atoms with Crippen molar-refractivity contribution in [3.8, 4) is 11.4 Å². The van der Waals surface area contributed by atoms with Crippen molar-refractivity contribution in [3.63, 3.8) is 0 Å². The molecule has 5 aromatic rings. The third kappa shape index (κ3) is 7.04. The summed E-state index contributed by atoms with van der Waals surface area (Å²) in [6.07, 6.45) is 1.83. The molecule has 0 N–H and O–H groups in total. The molecule has 2 heterocycles. The van der Waals surface area contributed by atoms with E-state index in [1.54, 1.807) is 18.9 Å². The predicted octanol–water partition coefficient (Wildman–Crippen LogP) is 6.27. The molecule has 1 unspecified atom stereocenters. The number of hydrogen-bond donors (Lipinski definition) is 0. The molecule has 1 aromatic heterocycles. The maximum Gasteiger partial charge on any atom is 0.254 e. The number of piperazine rings is 1. The van der Waals surface area contributed by atoms with Crippen LogP contribution in [-0.4, -0.2) is 74.9 Å². The monoisotopic (exact) mass is 619 g/mol. The van der Waals surface area contributed by atoms with Crippen LogP contribution in [0.2, 0.25) is 0 Å². The Balaban J connectivity index is 1.04. The van der Waals surface area contributed by atoms with Gasteiger partial charge >= 0.3 is 0 Å². The van der Waals surface area contributed by atoms with Gasteiger partial charge in [-0.25, -0.2) is 0 Å². The Morgan fingerprint density at radius 1 is 0.889 bits per heavy atom. The van der Waals surface area contributed by atoms with E-state index in [1.165, 1.54) is 0 Å². The van der Waals surface area contributed by atoms with Crippen molar-refractivity contribution >= 4 is 34.3 Å². The minimum atomic E-state index is -0.0536. The van der Waals surface area contributed by atoms with Crippen molar-refractivity contribution in [2.24, 2.45) is 0 Å². The second-order valence-corrected chi connectivity index (χ2v) is 12.4. The first-order chi connectivity index (χ1) is 22.0. The molecule has 45 heavy (non-hydrogen) atoms. The lowest BCUT2D eigenvalue weighted by molar-refractivity contribution is -0.133. The zero-order valence-electron chi connectivity index (χ0n) is 25.6. The molecular formula is C36H37N5O3S. The van der Waals surface area contributed by atoms with E-state index in [0.29, 0.717) is 38.0 Å². The van der Waals surface area contributed by atoms with E-state index in [2.05, 4.69) is 26.9 Å². The van der Waals surface area contributed by atoms with E-state index in [4.69, 9.17) is 4.74 Å². The fraction of sp³-hybridized carbons (Fsp3) is 0.278. The number of fused-ring (bicyclic) bond motifs is 1. The van der Waals surface area contributed by atoms with Gasteiger partial charge < -0.3 is 14.5 Å². The molecule has 2 amide bonds. The van der Waals surface area contributed by atoms with E-state index >= 15 is 0 Å². The van der Waals surface area contributed by atoms with Crippen LogP contribution in [0.15, 0.2) is 102 Å². The van der Waals surface area contributed by atoms with Gasteiger partial charge in [-0.2, -0.15) is 0 Å². The number of carbonyl (C=O) groups excluding carboxylic acids is 2. The summed E-state index contributed by atoms with van der Waals surface area (Å²) in [5, 5.41) is 12.0. The minimum absolute atomic E-state index is 0.0179. The van der Waals surface area contributed by atoms with Gasteiger partial charge in [0.15, 0.2) is 5.16 Å². The highest BCUT2D eigenvalue weighted by molar-refractivity contribution is 7.99. The van der Waals surface area contributed by atoms with E-state index in [-0.39, 0.29) is 17.9 Å². The second kappa shape index (κ2) is 14.0. The number of methoxy groups -OCH3 is 1. The van der Waals surface area contributed by atoms with Crippen LogP contribution in [0.1, 0.15) is 41.5 Å². The largest absolute Gasteiger partial charge is 0.497 e. The normalized spacial score (nSPS) is 14.9. The van der Waals surface area contributed by atoms with Crippen LogP contribution in [0.5, 0.6) is 5.75 Å². The zero-order valence-corrected chi connectivity index (χ0v) is 26.5. The molecule has 1 aliphatic heterocycles. The van der Waals surface area contributed by atoms with Crippen LogP contribution in [0.3, 0.4) is 0 Å². The van der Waals surface area contributed by atoms with Crippen LogP contribution in [-0.2, 0) is 11.2 Å². The average molecular weight is 620 g/mol. The Hall–Kier alpha value is -4.63. The summed E-state index contributed by atoms with van der Waals surface area (Å²) in [7, 11) is 1.66. The zero-order chi connectivity index (χ0) is 31.2. The van der Waals surface area contributed by atoms with Crippen LogP contribution in [0.25, 0.3) is 16.5 Å². The SMILES string of the molecule is COc1ccc(-n2c(Cc3ccccc3)nnc2SCCCC(=O)N2CCN(C(=O)c3ccc4ccccc4c3)C(C)C2)cc1. The van der Waals surface area contributed by atoms with E-state index < -0.39 is 0 Å². The van der Waals surface area contributed by atoms with Gasteiger partial charge in [-0.1, -0.05) is 72.4 Å². The first-order valence-electron chi connectivity index (χ1n) is 15.3. The number of rotatable bonds is 10. The molecular weight excluding hydrogens is 582 g/mol. The number of hydrogen-bond acceptors (Lipinski definition) is 6.